The van der Waals surface area contributed by atoms with Crippen molar-refractivity contribution in [2.24, 2.45) is 0 Å². The lowest BCUT2D eigenvalue weighted by Crippen LogP contribution is -2.51. The minimum Gasteiger partial charge on any atom is -0.493 e. The lowest BCUT2D eigenvalue weighted by Gasteiger charge is -2.43. The Morgan fingerprint density at radius 2 is 1.74 bits per heavy atom. The first-order valence-electron chi connectivity index (χ1n) is 10.0. The Hall–Kier alpha value is -1.95. The summed E-state index contributed by atoms with van der Waals surface area (Å²) in [6.45, 7) is 4.60. The summed E-state index contributed by atoms with van der Waals surface area (Å²) in [5.74, 6) is 1.61. The van der Waals surface area contributed by atoms with Crippen molar-refractivity contribution >= 4 is 6.09 Å². The number of methoxy groups -OCH3 is 2. The molecule has 1 atom stereocenters. The maximum absolute atomic E-state index is 11.2. The van der Waals surface area contributed by atoms with Crippen LogP contribution in [-0.4, -0.2) is 66.9 Å². The van der Waals surface area contributed by atoms with Crippen LogP contribution in [0.1, 0.15) is 43.7 Å². The predicted molar refractivity (Wildman–Crippen MR) is 105 cm³/mol. The smallest absolute Gasteiger partial charge is 0.407 e. The molecule has 27 heavy (non-hydrogen) atoms. The van der Waals surface area contributed by atoms with Gasteiger partial charge in [-0.1, -0.05) is 6.92 Å². The number of rotatable bonds is 6. The molecule has 0 aromatic heterocycles. The zero-order valence-electron chi connectivity index (χ0n) is 16.7. The number of benzene rings is 1. The number of hydrogen-bond donors (Lipinski definition) is 1. The number of amides is 1. The van der Waals surface area contributed by atoms with E-state index in [0.717, 1.165) is 56.6 Å². The predicted octanol–water partition coefficient (Wildman–Crippen LogP) is 3.42. The summed E-state index contributed by atoms with van der Waals surface area (Å²) in [6.07, 6.45) is 5.41. The SMILES string of the molecule is CCCN(C1CCN(C(=O)O)CC1)C1CCc2cc(OC)c(OC)cc2C1. The maximum Gasteiger partial charge on any atom is 0.407 e. The number of likely N-dealkylation sites (tertiary alicyclic amines) is 1. The van der Waals surface area contributed by atoms with Gasteiger partial charge in [-0.25, -0.2) is 4.79 Å². The minimum absolute atomic E-state index is 0.479. The molecule has 1 aliphatic heterocycles. The van der Waals surface area contributed by atoms with E-state index in [1.807, 2.05) is 0 Å². The topological polar surface area (TPSA) is 62.2 Å². The van der Waals surface area contributed by atoms with E-state index >= 15 is 0 Å². The van der Waals surface area contributed by atoms with Crippen LogP contribution in [0.25, 0.3) is 0 Å². The number of carboxylic acid groups (broad SMARTS) is 1. The molecular formula is C21H32N2O4. The van der Waals surface area contributed by atoms with E-state index < -0.39 is 6.09 Å². The summed E-state index contributed by atoms with van der Waals surface area (Å²) in [5.41, 5.74) is 2.72. The molecule has 1 aromatic rings. The van der Waals surface area contributed by atoms with Crippen molar-refractivity contribution in [3.8, 4) is 11.5 Å². The van der Waals surface area contributed by atoms with Crippen molar-refractivity contribution in [1.29, 1.82) is 0 Å². The number of fused-ring (bicyclic) bond motifs is 1. The number of ether oxygens (including phenoxy) is 2. The second-order valence-electron chi connectivity index (χ2n) is 7.61. The first-order chi connectivity index (χ1) is 13.1. The highest BCUT2D eigenvalue weighted by atomic mass is 16.5. The normalized spacial score (nSPS) is 20.4. The third-order valence-electron chi connectivity index (χ3n) is 6.06. The van der Waals surface area contributed by atoms with Crippen LogP contribution in [-0.2, 0) is 12.8 Å². The van der Waals surface area contributed by atoms with Crippen LogP contribution in [0.2, 0.25) is 0 Å². The summed E-state index contributed by atoms with van der Waals surface area (Å²) in [4.78, 5) is 15.4. The fourth-order valence-corrected chi connectivity index (χ4v) is 4.66. The van der Waals surface area contributed by atoms with E-state index in [9.17, 15) is 9.90 Å². The molecule has 1 aromatic carbocycles. The van der Waals surface area contributed by atoms with Gasteiger partial charge in [0.05, 0.1) is 14.2 Å². The van der Waals surface area contributed by atoms with Gasteiger partial charge >= 0.3 is 6.09 Å². The average Bonchev–Trinajstić information content (AvgIpc) is 2.70. The second-order valence-corrected chi connectivity index (χ2v) is 7.61. The highest BCUT2D eigenvalue weighted by molar-refractivity contribution is 5.65. The standard InChI is InChI=1S/C21H32N2O4/c1-4-9-23(17-7-10-22(11-8-17)21(24)25)18-6-5-15-13-19(26-2)20(27-3)14-16(15)12-18/h13-14,17-18H,4-12H2,1-3H3,(H,24,25). The van der Waals surface area contributed by atoms with Crippen molar-refractivity contribution in [2.75, 3.05) is 33.9 Å². The first kappa shape index (κ1) is 19.8. The first-order valence-corrected chi connectivity index (χ1v) is 10.0. The zero-order chi connectivity index (χ0) is 19.4. The summed E-state index contributed by atoms with van der Waals surface area (Å²) < 4.78 is 10.9. The van der Waals surface area contributed by atoms with Crippen molar-refractivity contribution in [3.05, 3.63) is 23.3 Å². The van der Waals surface area contributed by atoms with E-state index in [-0.39, 0.29) is 0 Å². The fourth-order valence-electron chi connectivity index (χ4n) is 4.66. The Labute approximate surface area is 162 Å². The monoisotopic (exact) mass is 376 g/mol. The van der Waals surface area contributed by atoms with Gasteiger partial charge in [-0.15, -0.1) is 0 Å². The van der Waals surface area contributed by atoms with Gasteiger partial charge in [0, 0.05) is 25.2 Å². The van der Waals surface area contributed by atoms with Crippen LogP contribution in [0.3, 0.4) is 0 Å². The molecule has 0 spiro atoms. The Kier molecular flexibility index (Phi) is 6.47. The molecule has 1 aliphatic carbocycles. The molecule has 3 rings (SSSR count). The van der Waals surface area contributed by atoms with Gasteiger partial charge < -0.3 is 19.5 Å². The zero-order valence-corrected chi connectivity index (χ0v) is 16.7. The molecule has 1 fully saturated rings. The molecule has 1 heterocycles. The molecule has 0 radical (unpaired) electrons. The third kappa shape index (κ3) is 4.32. The molecule has 1 saturated heterocycles. The summed E-state index contributed by atoms with van der Waals surface area (Å²) >= 11 is 0. The molecular weight excluding hydrogens is 344 g/mol. The molecule has 6 heteroatoms. The van der Waals surface area contributed by atoms with Crippen LogP contribution < -0.4 is 9.47 Å². The highest BCUT2D eigenvalue weighted by Gasteiger charge is 2.32. The average molecular weight is 376 g/mol. The van der Waals surface area contributed by atoms with Crippen molar-refractivity contribution in [1.82, 2.24) is 9.80 Å². The molecule has 150 valence electrons. The highest BCUT2D eigenvalue weighted by Crippen LogP contribution is 2.36. The Morgan fingerprint density at radius 1 is 1.11 bits per heavy atom. The second kappa shape index (κ2) is 8.83. The van der Waals surface area contributed by atoms with Crippen LogP contribution in [0.4, 0.5) is 4.79 Å². The fraction of sp³-hybridized carbons (Fsp3) is 0.667. The van der Waals surface area contributed by atoms with E-state index in [1.165, 1.54) is 11.1 Å². The number of aryl methyl sites for hydroxylation is 1. The molecule has 6 nitrogen and oxygen atoms in total. The van der Waals surface area contributed by atoms with Crippen LogP contribution in [0, 0.1) is 0 Å². The van der Waals surface area contributed by atoms with E-state index in [1.54, 1.807) is 19.1 Å². The molecule has 0 bridgehead atoms. The molecule has 2 aliphatic rings. The van der Waals surface area contributed by atoms with E-state index in [4.69, 9.17) is 9.47 Å². The third-order valence-corrected chi connectivity index (χ3v) is 6.06. The van der Waals surface area contributed by atoms with Crippen LogP contribution >= 0.6 is 0 Å². The molecule has 1 amide bonds. The van der Waals surface area contributed by atoms with Crippen molar-refractivity contribution in [2.45, 2.75) is 57.5 Å². The maximum atomic E-state index is 11.2. The summed E-state index contributed by atoms with van der Waals surface area (Å²) in [5, 5.41) is 9.21. The van der Waals surface area contributed by atoms with E-state index in [2.05, 4.69) is 24.0 Å². The van der Waals surface area contributed by atoms with Crippen LogP contribution in [0.15, 0.2) is 12.1 Å². The van der Waals surface area contributed by atoms with Gasteiger partial charge in [0.2, 0.25) is 0 Å². The van der Waals surface area contributed by atoms with Gasteiger partial charge in [-0.2, -0.15) is 0 Å². The lowest BCUT2D eigenvalue weighted by atomic mass is 9.85. The van der Waals surface area contributed by atoms with Crippen LogP contribution in [0.5, 0.6) is 11.5 Å². The lowest BCUT2D eigenvalue weighted by molar-refractivity contribution is 0.0648. The molecule has 1 N–H and O–H groups in total. The number of nitrogens with zero attached hydrogens (tertiary/aromatic N) is 2. The van der Waals surface area contributed by atoms with E-state index in [0.29, 0.717) is 25.2 Å². The number of carbonyl (C=O) groups is 1. The van der Waals surface area contributed by atoms with Gasteiger partial charge in [0.1, 0.15) is 0 Å². The van der Waals surface area contributed by atoms with Gasteiger partial charge in [-0.3, -0.25) is 4.90 Å². The number of piperidine rings is 1. The van der Waals surface area contributed by atoms with Gasteiger partial charge in [0.25, 0.3) is 0 Å². The molecule has 0 saturated carbocycles. The Bertz CT molecular complexity index is 656. The quantitative estimate of drug-likeness (QED) is 0.824. The Balaban J connectivity index is 1.73. The largest absolute Gasteiger partial charge is 0.493 e. The number of hydrogen-bond acceptors (Lipinski definition) is 4. The summed E-state index contributed by atoms with van der Waals surface area (Å²) in [7, 11) is 3.37. The van der Waals surface area contributed by atoms with Gasteiger partial charge in [-0.05, 0) is 68.3 Å². The van der Waals surface area contributed by atoms with Gasteiger partial charge in [0.15, 0.2) is 11.5 Å². The molecule has 1 unspecified atom stereocenters. The summed E-state index contributed by atoms with van der Waals surface area (Å²) in [6, 6.07) is 5.25. The Morgan fingerprint density at radius 3 is 2.30 bits per heavy atom. The minimum atomic E-state index is -0.789. The van der Waals surface area contributed by atoms with Crippen molar-refractivity contribution < 1.29 is 19.4 Å². The van der Waals surface area contributed by atoms with Crippen molar-refractivity contribution in [3.63, 3.8) is 0 Å².